The topological polar surface area (TPSA) is 68.8 Å². The van der Waals surface area contributed by atoms with Crippen molar-refractivity contribution in [1.29, 1.82) is 0 Å². The molecule has 0 atom stereocenters. The zero-order valence-electron chi connectivity index (χ0n) is 15.7. The average Bonchev–Trinajstić information content (AvgIpc) is 2.65. The quantitative estimate of drug-likeness (QED) is 0.720. The number of hydrogen-bond donors (Lipinski definition) is 2. The molecule has 0 spiro atoms. The van der Waals surface area contributed by atoms with E-state index in [1.165, 1.54) is 0 Å². The molecular formula is C20H26N2O4. The molecule has 2 N–H and O–H groups in total. The van der Waals surface area contributed by atoms with Crippen molar-refractivity contribution in [2.45, 2.75) is 26.5 Å². The summed E-state index contributed by atoms with van der Waals surface area (Å²) >= 11 is 0. The lowest BCUT2D eigenvalue weighted by Gasteiger charge is -2.12. The first-order valence-electron chi connectivity index (χ1n) is 8.50. The number of methoxy groups -OCH3 is 2. The van der Waals surface area contributed by atoms with E-state index in [1.807, 2.05) is 56.3 Å². The van der Waals surface area contributed by atoms with Crippen molar-refractivity contribution in [3.05, 3.63) is 48.0 Å². The minimum atomic E-state index is -0.0951. The zero-order chi connectivity index (χ0) is 18.9. The highest BCUT2D eigenvalue weighted by Crippen LogP contribution is 2.27. The Labute approximate surface area is 154 Å². The first kappa shape index (κ1) is 19.4. The van der Waals surface area contributed by atoms with Gasteiger partial charge in [-0.2, -0.15) is 0 Å². The first-order valence-corrected chi connectivity index (χ1v) is 8.50. The Morgan fingerprint density at radius 1 is 1.00 bits per heavy atom. The Hall–Kier alpha value is -2.89. The molecule has 0 aromatic heterocycles. The highest BCUT2D eigenvalue weighted by molar-refractivity contribution is 5.80. The Morgan fingerprint density at radius 2 is 1.69 bits per heavy atom. The second-order valence-electron chi connectivity index (χ2n) is 6.01. The summed E-state index contributed by atoms with van der Waals surface area (Å²) in [5.74, 6) is 2.01. The zero-order valence-corrected chi connectivity index (χ0v) is 15.7. The normalized spacial score (nSPS) is 10.3. The standard InChI is InChI=1S/C20H26N2O4/c1-14(2)26-17-8-6-16(7-9-17)21-13-20(23)22-12-15-5-10-18(24-3)19(11-15)25-4/h5-11,14,21H,12-13H2,1-4H3,(H,22,23). The number of rotatable bonds is 9. The van der Waals surface area contributed by atoms with Gasteiger partial charge in [-0.15, -0.1) is 0 Å². The second kappa shape index (κ2) is 9.56. The molecule has 6 nitrogen and oxygen atoms in total. The van der Waals surface area contributed by atoms with Gasteiger partial charge >= 0.3 is 0 Å². The first-order chi connectivity index (χ1) is 12.5. The minimum Gasteiger partial charge on any atom is -0.493 e. The number of hydrogen-bond acceptors (Lipinski definition) is 5. The van der Waals surface area contributed by atoms with Gasteiger partial charge in [0.05, 0.1) is 26.9 Å². The molecule has 140 valence electrons. The lowest BCUT2D eigenvalue weighted by atomic mass is 10.2. The molecule has 0 fully saturated rings. The summed E-state index contributed by atoms with van der Waals surface area (Å²) in [6, 6.07) is 13.1. The van der Waals surface area contributed by atoms with Crippen molar-refractivity contribution in [3.63, 3.8) is 0 Å². The van der Waals surface area contributed by atoms with Crippen LogP contribution in [0.5, 0.6) is 17.2 Å². The number of carbonyl (C=O) groups is 1. The predicted octanol–water partition coefficient (Wildman–Crippen LogP) is 3.22. The van der Waals surface area contributed by atoms with Crippen LogP contribution in [-0.4, -0.2) is 32.8 Å². The summed E-state index contributed by atoms with van der Waals surface area (Å²) in [5.41, 5.74) is 1.80. The van der Waals surface area contributed by atoms with Crippen molar-refractivity contribution in [1.82, 2.24) is 5.32 Å². The summed E-state index contributed by atoms with van der Waals surface area (Å²) < 4.78 is 16.1. The van der Waals surface area contributed by atoms with Gasteiger partial charge in [-0.05, 0) is 55.8 Å². The van der Waals surface area contributed by atoms with Crippen LogP contribution < -0.4 is 24.8 Å². The monoisotopic (exact) mass is 358 g/mol. The van der Waals surface area contributed by atoms with E-state index < -0.39 is 0 Å². The van der Waals surface area contributed by atoms with Crippen LogP contribution in [0.25, 0.3) is 0 Å². The summed E-state index contributed by atoms with van der Waals surface area (Å²) in [4.78, 5) is 12.0. The van der Waals surface area contributed by atoms with Gasteiger partial charge in [0.15, 0.2) is 11.5 Å². The van der Waals surface area contributed by atoms with Gasteiger partial charge in [-0.25, -0.2) is 0 Å². The van der Waals surface area contributed by atoms with Gasteiger partial charge in [0, 0.05) is 12.2 Å². The smallest absolute Gasteiger partial charge is 0.239 e. The van der Waals surface area contributed by atoms with E-state index in [1.54, 1.807) is 14.2 Å². The fraction of sp³-hybridized carbons (Fsp3) is 0.350. The Bertz CT molecular complexity index is 714. The number of anilines is 1. The lowest BCUT2D eigenvalue weighted by Crippen LogP contribution is -2.29. The Balaban J connectivity index is 1.80. The van der Waals surface area contributed by atoms with Crippen LogP contribution in [0.3, 0.4) is 0 Å². The summed E-state index contributed by atoms with van der Waals surface area (Å²) in [7, 11) is 3.17. The minimum absolute atomic E-state index is 0.0951. The van der Waals surface area contributed by atoms with Crippen molar-refractivity contribution in [2.75, 3.05) is 26.1 Å². The van der Waals surface area contributed by atoms with Crippen LogP contribution in [-0.2, 0) is 11.3 Å². The van der Waals surface area contributed by atoms with Crippen molar-refractivity contribution < 1.29 is 19.0 Å². The van der Waals surface area contributed by atoms with E-state index in [-0.39, 0.29) is 18.6 Å². The molecule has 0 bridgehead atoms. The highest BCUT2D eigenvalue weighted by Gasteiger charge is 2.06. The van der Waals surface area contributed by atoms with E-state index in [4.69, 9.17) is 14.2 Å². The predicted molar refractivity (Wildman–Crippen MR) is 102 cm³/mol. The molecule has 26 heavy (non-hydrogen) atoms. The average molecular weight is 358 g/mol. The molecule has 2 aromatic carbocycles. The van der Waals surface area contributed by atoms with Gasteiger partial charge in [-0.1, -0.05) is 6.07 Å². The van der Waals surface area contributed by atoms with Gasteiger partial charge in [-0.3, -0.25) is 4.79 Å². The molecule has 0 saturated carbocycles. The van der Waals surface area contributed by atoms with E-state index in [2.05, 4.69) is 10.6 Å². The molecule has 0 aliphatic heterocycles. The molecule has 1 amide bonds. The molecule has 2 aromatic rings. The molecule has 6 heteroatoms. The maximum absolute atomic E-state index is 12.0. The fourth-order valence-corrected chi connectivity index (χ4v) is 2.36. The second-order valence-corrected chi connectivity index (χ2v) is 6.01. The van der Waals surface area contributed by atoms with E-state index in [9.17, 15) is 4.79 Å². The van der Waals surface area contributed by atoms with Crippen molar-refractivity contribution in [2.24, 2.45) is 0 Å². The summed E-state index contributed by atoms with van der Waals surface area (Å²) in [6.07, 6.45) is 0.135. The van der Waals surface area contributed by atoms with Gasteiger partial charge < -0.3 is 24.8 Å². The fourth-order valence-electron chi connectivity index (χ4n) is 2.36. The number of benzene rings is 2. The van der Waals surface area contributed by atoms with Crippen LogP contribution in [0.15, 0.2) is 42.5 Å². The van der Waals surface area contributed by atoms with Gasteiger partial charge in [0.1, 0.15) is 5.75 Å². The maximum atomic E-state index is 12.0. The van der Waals surface area contributed by atoms with Gasteiger partial charge in [0.2, 0.25) is 5.91 Å². The SMILES string of the molecule is COc1ccc(CNC(=O)CNc2ccc(OC(C)C)cc2)cc1OC. The lowest BCUT2D eigenvalue weighted by molar-refractivity contribution is -0.119. The molecular weight excluding hydrogens is 332 g/mol. The number of ether oxygens (including phenoxy) is 3. The van der Waals surface area contributed by atoms with Crippen molar-refractivity contribution in [3.8, 4) is 17.2 Å². The molecule has 0 heterocycles. The third-order valence-electron chi connectivity index (χ3n) is 3.62. The molecule has 0 aliphatic carbocycles. The highest BCUT2D eigenvalue weighted by atomic mass is 16.5. The van der Waals surface area contributed by atoms with Gasteiger partial charge in [0.25, 0.3) is 0 Å². The number of carbonyl (C=O) groups excluding carboxylic acids is 1. The summed E-state index contributed by atoms with van der Waals surface area (Å²) in [5, 5.41) is 5.96. The maximum Gasteiger partial charge on any atom is 0.239 e. The molecule has 0 radical (unpaired) electrons. The van der Waals surface area contributed by atoms with E-state index >= 15 is 0 Å². The van der Waals surface area contributed by atoms with E-state index in [0.717, 1.165) is 17.0 Å². The van der Waals surface area contributed by atoms with Crippen LogP contribution in [0.1, 0.15) is 19.4 Å². The third kappa shape index (κ3) is 5.88. The van der Waals surface area contributed by atoms with Crippen LogP contribution in [0, 0.1) is 0 Å². The molecule has 0 saturated heterocycles. The third-order valence-corrected chi connectivity index (χ3v) is 3.62. The number of amides is 1. The van der Waals surface area contributed by atoms with Crippen LogP contribution >= 0.6 is 0 Å². The molecule has 0 aliphatic rings. The molecule has 0 unspecified atom stereocenters. The van der Waals surface area contributed by atoms with Crippen LogP contribution in [0.2, 0.25) is 0 Å². The van der Waals surface area contributed by atoms with Crippen LogP contribution in [0.4, 0.5) is 5.69 Å². The van der Waals surface area contributed by atoms with Crippen molar-refractivity contribution >= 4 is 11.6 Å². The Morgan fingerprint density at radius 3 is 2.31 bits per heavy atom. The van der Waals surface area contributed by atoms with E-state index in [0.29, 0.717) is 18.0 Å². The number of nitrogens with one attached hydrogen (secondary N) is 2. The Kier molecular flexibility index (Phi) is 7.14. The largest absolute Gasteiger partial charge is 0.493 e. The summed E-state index contributed by atoms with van der Waals surface area (Å²) in [6.45, 7) is 4.57. The molecule has 2 rings (SSSR count).